The lowest BCUT2D eigenvalue weighted by Crippen LogP contribution is -2.51. The molecule has 2 aliphatic heterocycles. The Balaban J connectivity index is 1.86. The molecule has 5 heteroatoms. The maximum absolute atomic E-state index is 11.6. The molecule has 3 atom stereocenters. The van der Waals surface area contributed by atoms with Crippen molar-refractivity contribution in [2.75, 3.05) is 24.6 Å². The number of nitrogens with one attached hydrogen (secondary N) is 1. The number of sulfone groups is 1. The maximum Gasteiger partial charge on any atom is 0.151 e. The summed E-state index contributed by atoms with van der Waals surface area (Å²) >= 11 is 0. The second kappa shape index (κ2) is 5.88. The van der Waals surface area contributed by atoms with Crippen molar-refractivity contribution in [2.24, 2.45) is 0 Å². The molecule has 0 spiro atoms. The van der Waals surface area contributed by atoms with E-state index in [1.807, 2.05) is 0 Å². The smallest absolute Gasteiger partial charge is 0.151 e. The van der Waals surface area contributed by atoms with E-state index in [0.717, 1.165) is 32.4 Å². The van der Waals surface area contributed by atoms with Crippen molar-refractivity contribution in [2.45, 2.75) is 57.7 Å². The van der Waals surface area contributed by atoms with Gasteiger partial charge in [0.25, 0.3) is 0 Å². The van der Waals surface area contributed by atoms with E-state index in [-0.39, 0.29) is 6.04 Å². The van der Waals surface area contributed by atoms with Gasteiger partial charge in [-0.25, -0.2) is 8.42 Å². The SMILES string of the molecule is CCCNC1CCN(C2CCS(=O)(=O)C2)C(C)C1. The van der Waals surface area contributed by atoms with Crippen LogP contribution in [0.15, 0.2) is 0 Å². The van der Waals surface area contributed by atoms with Crippen molar-refractivity contribution < 1.29 is 8.42 Å². The van der Waals surface area contributed by atoms with E-state index in [1.54, 1.807) is 0 Å². The van der Waals surface area contributed by atoms with E-state index in [4.69, 9.17) is 0 Å². The van der Waals surface area contributed by atoms with Gasteiger partial charge < -0.3 is 5.32 Å². The van der Waals surface area contributed by atoms with Gasteiger partial charge in [-0.2, -0.15) is 0 Å². The minimum atomic E-state index is -2.75. The number of hydrogen-bond acceptors (Lipinski definition) is 4. The summed E-state index contributed by atoms with van der Waals surface area (Å²) in [6.45, 7) is 6.57. The number of piperidine rings is 1. The number of likely N-dealkylation sites (tertiary alicyclic amines) is 1. The van der Waals surface area contributed by atoms with Crippen LogP contribution in [0.2, 0.25) is 0 Å². The van der Waals surface area contributed by atoms with Gasteiger partial charge in [0.2, 0.25) is 0 Å². The molecule has 0 amide bonds. The van der Waals surface area contributed by atoms with Crippen molar-refractivity contribution in [1.82, 2.24) is 10.2 Å². The molecule has 0 bridgehead atoms. The summed E-state index contributed by atoms with van der Waals surface area (Å²) in [5.74, 6) is 0.767. The van der Waals surface area contributed by atoms with E-state index in [0.29, 0.717) is 23.6 Å². The molecule has 0 aromatic heterocycles. The van der Waals surface area contributed by atoms with Crippen molar-refractivity contribution in [1.29, 1.82) is 0 Å². The average Bonchev–Trinajstić information content (AvgIpc) is 2.67. The van der Waals surface area contributed by atoms with Crippen LogP contribution in [-0.4, -0.2) is 56.0 Å². The second-order valence-electron chi connectivity index (χ2n) is 5.82. The van der Waals surface area contributed by atoms with E-state index >= 15 is 0 Å². The fourth-order valence-electron chi connectivity index (χ4n) is 3.30. The highest BCUT2D eigenvalue weighted by Crippen LogP contribution is 2.25. The van der Waals surface area contributed by atoms with Crippen LogP contribution in [0.5, 0.6) is 0 Å². The molecule has 18 heavy (non-hydrogen) atoms. The lowest BCUT2D eigenvalue weighted by atomic mass is 9.96. The van der Waals surface area contributed by atoms with Crippen molar-refractivity contribution in [3.63, 3.8) is 0 Å². The van der Waals surface area contributed by atoms with Crippen LogP contribution in [0.4, 0.5) is 0 Å². The maximum atomic E-state index is 11.6. The highest BCUT2D eigenvalue weighted by atomic mass is 32.2. The molecule has 2 rings (SSSR count). The molecule has 0 saturated carbocycles. The van der Waals surface area contributed by atoms with Crippen LogP contribution in [0, 0.1) is 0 Å². The van der Waals surface area contributed by atoms with Gasteiger partial charge in [-0.1, -0.05) is 6.92 Å². The highest BCUT2D eigenvalue weighted by molar-refractivity contribution is 7.91. The Morgan fingerprint density at radius 2 is 2.11 bits per heavy atom. The third-order valence-corrected chi connectivity index (χ3v) is 6.04. The van der Waals surface area contributed by atoms with Gasteiger partial charge in [0, 0.05) is 24.7 Å². The number of hydrogen-bond donors (Lipinski definition) is 1. The Labute approximate surface area is 111 Å². The second-order valence-corrected chi connectivity index (χ2v) is 8.05. The summed E-state index contributed by atoms with van der Waals surface area (Å²) in [6.07, 6.45) is 4.31. The summed E-state index contributed by atoms with van der Waals surface area (Å²) in [7, 11) is -2.75. The average molecular weight is 274 g/mol. The first-order valence-corrected chi connectivity index (χ1v) is 9.03. The summed E-state index contributed by atoms with van der Waals surface area (Å²) in [5, 5.41) is 3.58. The van der Waals surface area contributed by atoms with Crippen LogP contribution >= 0.6 is 0 Å². The summed E-state index contributed by atoms with van der Waals surface area (Å²) < 4.78 is 23.1. The van der Waals surface area contributed by atoms with Crippen LogP contribution < -0.4 is 5.32 Å². The minimum absolute atomic E-state index is 0.275. The largest absolute Gasteiger partial charge is 0.314 e. The monoisotopic (exact) mass is 274 g/mol. The van der Waals surface area contributed by atoms with Gasteiger partial charge in [-0.05, 0) is 39.2 Å². The topological polar surface area (TPSA) is 49.4 Å². The van der Waals surface area contributed by atoms with Gasteiger partial charge in [0.1, 0.15) is 0 Å². The van der Waals surface area contributed by atoms with Crippen LogP contribution in [0.1, 0.15) is 39.5 Å². The quantitative estimate of drug-likeness (QED) is 0.832. The third kappa shape index (κ3) is 3.45. The molecule has 0 aliphatic carbocycles. The van der Waals surface area contributed by atoms with Crippen LogP contribution in [-0.2, 0) is 9.84 Å². The van der Waals surface area contributed by atoms with Gasteiger partial charge in [0.15, 0.2) is 9.84 Å². The Hall–Kier alpha value is -0.130. The van der Waals surface area contributed by atoms with E-state index in [1.165, 1.54) is 6.42 Å². The minimum Gasteiger partial charge on any atom is -0.314 e. The van der Waals surface area contributed by atoms with Gasteiger partial charge >= 0.3 is 0 Å². The normalized spacial score (nSPS) is 36.9. The Kier molecular flexibility index (Phi) is 4.67. The molecule has 1 N–H and O–H groups in total. The molecule has 4 nitrogen and oxygen atoms in total. The molecule has 2 heterocycles. The van der Waals surface area contributed by atoms with Gasteiger partial charge in [0.05, 0.1) is 11.5 Å². The first kappa shape index (κ1) is 14.3. The molecule has 2 aliphatic rings. The molecular weight excluding hydrogens is 248 g/mol. The van der Waals surface area contributed by atoms with Crippen LogP contribution in [0.3, 0.4) is 0 Å². The fraction of sp³-hybridized carbons (Fsp3) is 1.00. The first-order valence-electron chi connectivity index (χ1n) is 7.21. The van der Waals surface area contributed by atoms with Gasteiger partial charge in [-0.15, -0.1) is 0 Å². The standard InChI is InChI=1S/C13H26N2O2S/c1-3-6-14-12-4-7-15(11(2)9-12)13-5-8-18(16,17)10-13/h11-14H,3-10H2,1-2H3. The summed E-state index contributed by atoms with van der Waals surface area (Å²) in [4.78, 5) is 2.43. The summed E-state index contributed by atoms with van der Waals surface area (Å²) in [6, 6.07) is 1.40. The van der Waals surface area contributed by atoms with Crippen molar-refractivity contribution in [3.8, 4) is 0 Å². The molecule has 106 valence electrons. The zero-order chi connectivity index (χ0) is 13.2. The molecule has 3 unspecified atom stereocenters. The zero-order valence-electron chi connectivity index (χ0n) is 11.6. The predicted molar refractivity (Wildman–Crippen MR) is 74.5 cm³/mol. The van der Waals surface area contributed by atoms with E-state index in [2.05, 4.69) is 24.1 Å². The lowest BCUT2D eigenvalue weighted by Gasteiger charge is -2.41. The zero-order valence-corrected chi connectivity index (χ0v) is 12.4. The molecule has 0 radical (unpaired) electrons. The fourth-order valence-corrected chi connectivity index (χ4v) is 5.05. The number of nitrogens with zero attached hydrogens (tertiary/aromatic N) is 1. The molecule has 0 aromatic rings. The van der Waals surface area contributed by atoms with Crippen molar-refractivity contribution in [3.05, 3.63) is 0 Å². The molecular formula is C13H26N2O2S. The molecule has 2 saturated heterocycles. The lowest BCUT2D eigenvalue weighted by molar-refractivity contribution is 0.0985. The highest BCUT2D eigenvalue weighted by Gasteiger charge is 2.36. The summed E-state index contributed by atoms with van der Waals surface area (Å²) in [5.41, 5.74) is 0. The van der Waals surface area contributed by atoms with Crippen LogP contribution in [0.25, 0.3) is 0 Å². The van der Waals surface area contributed by atoms with E-state index < -0.39 is 9.84 Å². The Morgan fingerprint density at radius 3 is 2.67 bits per heavy atom. The third-order valence-electron chi connectivity index (χ3n) is 4.29. The molecule has 2 fully saturated rings. The first-order chi connectivity index (χ1) is 8.52. The van der Waals surface area contributed by atoms with E-state index in [9.17, 15) is 8.42 Å². The van der Waals surface area contributed by atoms with Crippen molar-refractivity contribution >= 4 is 9.84 Å². The Morgan fingerprint density at radius 1 is 1.33 bits per heavy atom. The van der Waals surface area contributed by atoms with Gasteiger partial charge in [-0.3, -0.25) is 4.90 Å². The number of rotatable bonds is 4. The predicted octanol–water partition coefficient (Wildman–Crippen LogP) is 1.03. The molecule has 0 aromatic carbocycles. The Bertz CT molecular complexity index is 369.